The van der Waals surface area contributed by atoms with Gasteiger partial charge in [0.05, 0.1) is 18.1 Å². The SMILES string of the molecule is CCC(C)NC(=O)CCNc1ncc(N)cn1. The zero-order chi connectivity index (χ0) is 12.7. The minimum atomic E-state index is 0.0299. The van der Waals surface area contributed by atoms with Crippen LogP contribution in [0.5, 0.6) is 0 Å². The Balaban J connectivity index is 2.23. The van der Waals surface area contributed by atoms with Gasteiger partial charge in [-0.25, -0.2) is 9.97 Å². The standard InChI is InChI=1S/C11H19N5O/c1-3-8(2)16-10(17)4-5-13-11-14-6-9(12)7-15-11/h6-8H,3-5,12H2,1-2H3,(H,16,17)(H,13,14,15). The van der Waals surface area contributed by atoms with E-state index in [1.54, 1.807) is 0 Å². The molecule has 1 atom stereocenters. The Kier molecular flexibility index (Phi) is 5.19. The molecule has 4 N–H and O–H groups in total. The number of carbonyl (C=O) groups excluding carboxylic acids is 1. The lowest BCUT2D eigenvalue weighted by atomic mass is 10.2. The quantitative estimate of drug-likeness (QED) is 0.679. The van der Waals surface area contributed by atoms with Crippen molar-refractivity contribution in [1.82, 2.24) is 15.3 Å². The molecule has 17 heavy (non-hydrogen) atoms. The van der Waals surface area contributed by atoms with Gasteiger partial charge in [-0.15, -0.1) is 0 Å². The molecule has 1 amide bonds. The zero-order valence-electron chi connectivity index (χ0n) is 10.2. The summed E-state index contributed by atoms with van der Waals surface area (Å²) in [6.07, 6.45) is 4.38. The van der Waals surface area contributed by atoms with Crippen LogP contribution in [-0.2, 0) is 4.79 Å². The lowest BCUT2D eigenvalue weighted by molar-refractivity contribution is -0.121. The molecule has 0 fully saturated rings. The average molecular weight is 237 g/mol. The Morgan fingerprint density at radius 2 is 2.12 bits per heavy atom. The van der Waals surface area contributed by atoms with Gasteiger partial charge in [-0.1, -0.05) is 6.92 Å². The summed E-state index contributed by atoms with van der Waals surface area (Å²) in [5, 5.41) is 5.84. The van der Waals surface area contributed by atoms with E-state index in [1.807, 2.05) is 13.8 Å². The topological polar surface area (TPSA) is 92.9 Å². The zero-order valence-corrected chi connectivity index (χ0v) is 10.2. The van der Waals surface area contributed by atoms with Gasteiger partial charge >= 0.3 is 0 Å². The van der Waals surface area contributed by atoms with E-state index in [0.29, 0.717) is 24.6 Å². The molecule has 0 aliphatic rings. The molecule has 0 aliphatic carbocycles. The van der Waals surface area contributed by atoms with Gasteiger partial charge in [-0.2, -0.15) is 0 Å². The van der Waals surface area contributed by atoms with E-state index in [1.165, 1.54) is 12.4 Å². The highest BCUT2D eigenvalue weighted by atomic mass is 16.1. The molecule has 0 saturated carbocycles. The van der Waals surface area contributed by atoms with Gasteiger partial charge in [0.2, 0.25) is 11.9 Å². The molecule has 1 heterocycles. The highest BCUT2D eigenvalue weighted by Gasteiger charge is 2.05. The second-order valence-electron chi connectivity index (χ2n) is 3.89. The van der Waals surface area contributed by atoms with Gasteiger partial charge in [-0.3, -0.25) is 4.79 Å². The second kappa shape index (κ2) is 6.67. The third-order valence-electron chi connectivity index (χ3n) is 2.33. The maximum atomic E-state index is 11.4. The minimum absolute atomic E-state index is 0.0299. The Morgan fingerprint density at radius 1 is 1.47 bits per heavy atom. The monoisotopic (exact) mass is 237 g/mol. The van der Waals surface area contributed by atoms with Crippen molar-refractivity contribution in [3.05, 3.63) is 12.4 Å². The van der Waals surface area contributed by atoms with Gasteiger partial charge in [0.1, 0.15) is 0 Å². The molecular formula is C11H19N5O. The Bertz CT molecular complexity index is 351. The summed E-state index contributed by atoms with van der Waals surface area (Å²) in [5.41, 5.74) is 5.98. The molecule has 0 saturated heterocycles. The molecule has 1 unspecified atom stereocenters. The van der Waals surface area contributed by atoms with Gasteiger partial charge < -0.3 is 16.4 Å². The first kappa shape index (κ1) is 13.2. The lowest BCUT2D eigenvalue weighted by Gasteiger charge is -2.11. The molecule has 6 heteroatoms. The summed E-state index contributed by atoms with van der Waals surface area (Å²) >= 11 is 0. The largest absolute Gasteiger partial charge is 0.396 e. The lowest BCUT2D eigenvalue weighted by Crippen LogP contribution is -2.33. The highest BCUT2D eigenvalue weighted by molar-refractivity contribution is 5.76. The summed E-state index contributed by atoms with van der Waals surface area (Å²) in [6.45, 7) is 4.52. The van der Waals surface area contributed by atoms with Crippen LogP contribution in [0.3, 0.4) is 0 Å². The second-order valence-corrected chi connectivity index (χ2v) is 3.89. The van der Waals surface area contributed by atoms with E-state index < -0.39 is 0 Å². The van der Waals surface area contributed by atoms with Crippen molar-refractivity contribution in [1.29, 1.82) is 0 Å². The average Bonchev–Trinajstić information content (AvgIpc) is 2.31. The fourth-order valence-corrected chi connectivity index (χ4v) is 1.17. The maximum absolute atomic E-state index is 11.4. The third-order valence-corrected chi connectivity index (χ3v) is 2.33. The number of aromatic nitrogens is 2. The van der Waals surface area contributed by atoms with Crippen LogP contribution in [0.25, 0.3) is 0 Å². The number of nitrogens with one attached hydrogen (secondary N) is 2. The fourth-order valence-electron chi connectivity index (χ4n) is 1.17. The number of nitrogen functional groups attached to an aromatic ring is 1. The van der Waals surface area contributed by atoms with Crippen LogP contribution in [0, 0.1) is 0 Å². The summed E-state index contributed by atoms with van der Waals surface area (Å²) in [7, 11) is 0. The predicted molar refractivity (Wildman–Crippen MR) is 67.4 cm³/mol. The van der Waals surface area contributed by atoms with Gasteiger partial charge in [0.15, 0.2) is 0 Å². The first-order chi connectivity index (χ1) is 8.11. The van der Waals surface area contributed by atoms with Crippen LogP contribution in [0.15, 0.2) is 12.4 Å². The third kappa shape index (κ3) is 5.14. The summed E-state index contributed by atoms with van der Waals surface area (Å²) in [6, 6.07) is 0.218. The van der Waals surface area contributed by atoms with E-state index in [4.69, 9.17) is 5.73 Å². The molecule has 94 valence electrons. The smallest absolute Gasteiger partial charge is 0.222 e. The number of anilines is 2. The van der Waals surface area contributed by atoms with Crippen molar-refractivity contribution < 1.29 is 4.79 Å². The van der Waals surface area contributed by atoms with Gasteiger partial charge in [0, 0.05) is 19.0 Å². The van der Waals surface area contributed by atoms with Crippen molar-refractivity contribution >= 4 is 17.5 Å². The Hall–Kier alpha value is -1.85. The molecular weight excluding hydrogens is 218 g/mol. The van der Waals surface area contributed by atoms with Crippen LogP contribution in [-0.4, -0.2) is 28.5 Å². The highest BCUT2D eigenvalue weighted by Crippen LogP contribution is 2.00. The first-order valence-corrected chi connectivity index (χ1v) is 5.72. The van der Waals surface area contributed by atoms with Gasteiger partial charge in [0.25, 0.3) is 0 Å². The molecule has 0 bridgehead atoms. The fraction of sp³-hybridized carbons (Fsp3) is 0.545. The number of hydrogen-bond donors (Lipinski definition) is 3. The summed E-state index contributed by atoms with van der Waals surface area (Å²) in [4.78, 5) is 19.4. The van der Waals surface area contributed by atoms with Crippen molar-refractivity contribution in [2.24, 2.45) is 0 Å². The number of nitrogens with two attached hydrogens (primary N) is 1. The van der Waals surface area contributed by atoms with Crippen LogP contribution in [0.4, 0.5) is 11.6 Å². The van der Waals surface area contributed by atoms with Crippen LogP contribution >= 0.6 is 0 Å². The molecule has 6 nitrogen and oxygen atoms in total. The molecule has 1 aromatic heterocycles. The van der Waals surface area contributed by atoms with Crippen LogP contribution < -0.4 is 16.4 Å². The van der Waals surface area contributed by atoms with Gasteiger partial charge in [-0.05, 0) is 13.3 Å². The summed E-state index contributed by atoms with van der Waals surface area (Å²) < 4.78 is 0. The van der Waals surface area contributed by atoms with Crippen molar-refractivity contribution in [2.45, 2.75) is 32.7 Å². The number of carbonyl (C=O) groups is 1. The normalized spacial score (nSPS) is 11.9. The number of nitrogens with zero attached hydrogens (tertiary/aromatic N) is 2. The number of rotatable bonds is 6. The first-order valence-electron chi connectivity index (χ1n) is 5.72. The van der Waals surface area contributed by atoms with Crippen LogP contribution in [0.2, 0.25) is 0 Å². The Labute approximate surface area is 101 Å². The molecule has 1 rings (SSSR count). The van der Waals surface area contributed by atoms with E-state index in [2.05, 4.69) is 20.6 Å². The van der Waals surface area contributed by atoms with Crippen molar-refractivity contribution in [3.63, 3.8) is 0 Å². The summed E-state index contributed by atoms with van der Waals surface area (Å²) in [5.74, 6) is 0.512. The molecule has 0 spiro atoms. The van der Waals surface area contributed by atoms with E-state index in [-0.39, 0.29) is 11.9 Å². The van der Waals surface area contributed by atoms with E-state index >= 15 is 0 Å². The van der Waals surface area contributed by atoms with E-state index in [0.717, 1.165) is 6.42 Å². The molecule has 0 aliphatic heterocycles. The number of amides is 1. The number of hydrogen-bond acceptors (Lipinski definition) is 5. The predicted octanol–water partition coefficient (Wildman–Crippen LogP) is 0.775. The van der Waals surface area contributed by atoms with Crippen LogP contribution in [0.1, 0.15) is 26.7 Å². The van der Waals surface area contributed by atoms with Crippen molar-refractivity contribution in [2.75, 3.05) is 17.6 Å². The molecule has 1 aromatic rings. The molecule has 0 aromatic carbocycles. The maximum Gasteiger partial charge on any atom is 0.222 e. The Morgan fingerprint density at radius 3 is 2.71 bits per heavy atom. The minimum Gasteiger partial charge on any atom is -0.396 e. The molecule has 0 radical (unpaired) electrons. The van der Waals surface area contributed by atoms with Crippen molar-refractivity contribution in [3.8, 4) is 0 Å². The van der Waals surface area contributed by atoms with E-state index in [9.17, 15) is 4.79 Å².